The number of carboxylic acid groups (broad SMARTS) is 1. The number of aryl methyl sites for hydroxylation is 1. The van der Waals surface area contributed by atoms with Crippen LogP contribution in [-0.4, -0.2) is 40.6 Å². The van der Waals surface area contributed by atoms with Crippen LogP contribution in [0.1, 0.15) is 36.9 Å². The molecule has 116 valence electrons. The number of hydrogen-bond donors (Lipinski definition) is 1. The Morgan fingerprint density at radius 1 is 1.48 bits per heavy atom. The zero-order chi connectivity index (χ0) is 14.8. The molecule has 3 rings (SSSR count). The number of hydrogen-bond acceptors (Lipinski definition) is 4. The number of thiazole rings is 1. The summed E-state index contributed by atoms with van der Waals surface area (Å²) >= 11 is 1.80. The van der Waals surface area contributed by atoms with Crippen molar-refractivity contribution in [2.45, 2.75) is 39.0 Å². The first kappa shape index (κ1) is 15.0. The molecule has 0 bridgehead atoms. The predicted octanol–water partition coefficient (Wildman–Crippen LogP) is 2.68. The van der Waals surface area contributed by atoms with E-state index in [0.717, 1.165) is 44.8 Å². The number of carbonyl (C=O) groups is 1. The van der Waals surface area contributed by atoms with Crippen LogP contribution in [-0.2, 0) is 17.6 Å². The van der Waals surface area contributed by atoms with Crippen LogP contribution in [0.25, 0.3) is 0 Å². The molecule has 4 nitrogen and oxygen atoms in total. The van der Waals surface area contributed by atoms with Crippen molar-refractivity contribution in [1.82, 2.24) is 9.88 Å². The molecule has 1 aliphatic carbocycles. The molecule has 2 atom stereocenters. The fourth-order valence-corrected chi connectivity index (χ4v) is 4.30. The van der Waals surface area contributed by atoms with E-state index in [1.54, 1.807) is 11.3 Å². The summed E-state index contributed by atoms with van der Waals surface area (Å²) in [5, 5.41) is 12.4. The molecule has 0 radical (unpaired) electrons. The molecule has 1 saturated heterocycles. The van der Waals surface area contributed by atoms with Crippen LogP contribution in [0.5, 0.6) is 0 Å². The van der Waals surface area contributed by atoms with Gasteiger partial charge in [0.1, 0.15) is 0 Å². The number of rotatable bonds is 6. The second-order valence-corrected chi connectivity index (χ2v) is 7.42. The fraction of sp³-hybridized carbons (Fsp3) is 0.750. The average molecular weight is 308 g/mol. The second kappa shape index (κ2) is 6.44. The zero-order valence-corrected chi connectivity index (χ0v) is 13.4. The molecule has 1 aromatic rings. The number of likely N-dealkylation sites (tertiary alicyclic amines) is 1. The normalized spacial score (nSPS) is 26.9. The first-order chi connectivity index (χ1) is 10.2. The van der Waals surface area contributed by atoms with E-state index in [9.17, 15) is 4.79 Å². The molecule has 0 unspecified atom stereocenters. The molecule has 2 aliphatic rings. The summed E-state index contributed by atoms with van der Waals surface area (Å²) in [6.07, 6.45) is 5.49. The third kappa shape index (κ3) is 3.83. The van der Waals surface area contributed by atoms with Crippen LogP contribution >= 0.6 is 11.3 Å². The molecule has 0 spiro atoms. The summed E-state index contributed by atoms with van der Waals surface area (Å²) in [6, 6.07) is 0. The van der Waals surface area contributed by atoms with Gasteiger partial charge in [-0.05, 0) is 50.6 Å². The summed E-state index contributed by atoms with van der Waals surface area (Å²) in [4.78, 5) is 18.0. The predicted molar refractivity (Wildman–Crippen MR) is 83.6 cm³/mol. The highest BCUT2D eigenvalue weighted by molar-refractivity contribution is 7.09. The molecule has 21 heavy (non-hydrogen) atoms. The van der Waals surface area contributed by atoms with Gasteiger partial charge >= 0.3 is 5.97 Å². The molecule has 1 saturated carbocycles. The van der Waals surface area contributed by atoms with Gasteiger partial charge < -0.3 is 10.0 Å². The second-order valence-electron chi connectivity index (χ2n) is 6.47. The molecule has 5 heteroatoms. The highest BCUT2D eigenvalue weighted by Crippen LogP contribution is 2.39. The van der Waals surface area contributed by atoms with Crippen molar-refractivity contribution < 1.29 is 9.90 Å². The lowest BCUT2D eigenvalue weighted by atomic mass is 9.93. The van der Waals surface area contributed by atoms with Crippen LogP contribution in [0.3, 0.4) is 0 Å². The minimum absolute atomic E-state index is 0.0643. The Morgan fingerprint density at radius 3 is 2.81 bits per heavy atom. The van der Waals surface area contributed by atoms with Crippen molar-refractivity contribution in [3.05, 3.63) is 16.1 Å². The van der Waals surface area contributed by atoms with Crippen LogP contribution in [0.15, 0.2) is 5.38 Å². The third-order valence-corrected chi connectivity index (χ3v) is 5.78. The number of piperidine rings is 1. The average Bonchev–Trinajstić information content (AvgIpc) is 3.10. The topological polar surface area (TPSA) is 53.4 Å². The minimum Gasteiger partial charge on any atom is -0.481 e. The minimum atomic E-state index is -0.606. The van der Waals surface area contributed by atoms with E-state index in [2.05, 4.69) is 22.2 Å². The molecule has 2 fully saturated rings. The van der Waals surface area contributed by atoms with E-state index < -0.39 is 5.97 Å². The lowest BCUT2D eigenvalue weighted by Crippen LogP contribution is -2.36. The Kier molecular flexibility index (Phi) is 4.60. The Hall–Kier alpha value is -0.940. The van der Waals surface area contributed by atoms with Gasteiger partial charge in [-0.3, -0.25) is 4.79 Å². The van der Waals surface area contributed by atoms with Crippen molar-refractivity contribution in [1.29, 1.82) is 0 Å². The Balaban J connectivity index is 1.40. The van der Waals surface area contributed by atoms with E-state index in [-0.39, 0.29) is 5.92 Å². The SMILES string of the molecule is CCc1csc(CC2CCN(C[C@@H]3C[C@H]3C(=O)O)CC2)n1. The van der Waals surface area contributed by atoms with Crippen LogP contribution in [0.2, 0.25) is 0 Å². The molecule has 1 aromatic heterocycles. The van der Waals surface area contributed by atoms with Gasteiger partial charge in [0, 0.05) is 18.3 Å². The van der Waals surface area contributed by atoms with Gasteiger partial charge in [0.2, 0.25) is 0 Å². The summed E-state index contributed by atoms with van der Waals surface area (Å²) < 4.78 is 0. The van der Waals surface area contributed by atoms with Gasteiger partial charge in [-0.15, -0.1) is 11.3 Å². The first-order valence-electron chi connectivity index (χ1n) is 8.04. The highest BCUT2D eigenvalue weighted by Gasteiger charge is 2.44. The van der Waals surface area contributed by atoms with E-state index in [4.69, 9.17) is 5.11 Å². The van der Waals surface area contributed by atoms with Gasteiger partial charge in [0.15, 0.2) is 0 Å². The van der Waals surface area contributed by atoms with Gasteiger partial charge in [-0.1, -0.05) is 6.92 Å². The van der Waals surface area contributed by atoms with E-state index in [1.807, 2.05) is 0 Å². The van der Waals surface area contributed by atoms with Crippen molar-refractivity contribution in [3.63, 3.8) is 0 Å². The van der Waals surface area contributed by atoms with E-state index in [1.165, 1.54) is 23.5 Å². The Bertz CT molecular complexity index is 494. The van der Waals surface area contributed by atoms with Crippen molar-refractivity contribution >= 4 is 17.3 Å². The number of carboxylic acids is 1. The van der Waals surface area contributed by atoms with E-state index >= 15 is 0 Å². The number of aromatic nitrogens is 1. The molecule has 1 aliphatic heterocycles. The highest BCUT2D eigenvalue weighted by atomic mass is 32.1. The van der Waals surface area contributed by atoms with Crippen molar-refractivity contribution in [3.8, 4) is 0 Å². The Labute approximate surface area is 130 Å². The number of nitrogens with zero attached hydrogens (tertiary/aromatic N) is 2. The van der Waals surface area contributed by atoms with Crippen LogP contribution in [0.4, 0.5) is 0 Å². The van der Waals surface area contributed by atoms with Crippen molar-refractivity contribution in [2.24, 2.45) is 17.8 Å². The molecular formula is C16H24N2O2S. The maximum Gasteiger partial charge on any atom is 0.306 e. The van der Waals surface area contributed by atoms with E-state index in [0.29, 0.717) is 5.92 Å². The zero-order valence-electron chi connectivity index (χ0n) is 12.6. The summed E-state index contributed by atoms with van der Waals surface area (Å²) in [5.74, 6) is 0.493. The standard InChI is InChI=1S/C16H24N2O2S/c1-2-13-10-21-15(17-13)7-11-3-5-18(6-4-11)9-12-8-14(12)16(19)20/h10-12,14H,2-9H2,1H3,(H,19,20)/t12-,14+/m0/s1. The lowest BCUT2D eigenvalue weighted by Gasteiger charge is -2.31. The van der Waals surface area contributed by atoms with Gasteiger partial charge in [-0.2, -0.15) is 0 Å². The maximum atomic E-state index is 10.9. The summed E-state index contributed by atoms with van der Waals surface area (Å²) in [6.45, 7) is 5.39. The summed E-state index contributed by atoms with van der Waals surface area (Å²) in [5.41, 5.74) is 1.22. The Morgan fingerprint density at radius 2 is 2.24 bits per heavy atom. The van der Waals surface area contributed by atoms with Gasteiger partial charge in [0.25, 0.3) is 0 Å². The smallest absolute Gasteiger partial charge is 0.306 e. The van der Waals surface area contributed by atoms with Gasteiger partial charge in [0.05, 0.1) is 16.6 Å². The molecular weight excluding hydrogens is 284 g/mol. The monoisotopic (exact) mass is 308 g/mol. The number of aliphatic carboxylic acids is 1. The van der Waals surface area contributed by atoms with Crippen LogP contribution in [0, 0.1) is 17.8 Å². The van der Waals surface area contributed by atoms with Gasteiger partial charge in [-0.25, -0.2) is 4.98 Å². The third-order valence-electron chi connectivity index (χ3n) is 4.86. The molecule has 2 heterocycles. The first-order valence-corrected chi connectivity index (χ1v) is 8.92. The molecule has 0 amide bonds. The molecule has 1 N–H and O–H groups in total. The summed E-state index contributed by atoms with van der Waals surface area (Å²) in [7, 11) is 0. The quantitative estimate of drug-likeness (QED) is 0.878. The van der Waals surface area contributed by atoms with Crippen LogP contribution < -0.4 is 0 Å². The maximum absolute atomic E-state index is 10.9. The fourth-order valence-electron chi connectivity index (χ4n) is 3.31. The molecule has 0 aromatic carbocycles. The largest absolute Gasteiger partial charge is 0.481 e. The van der Waals surface area contributed by atoms with Crippen molar-refractivity contribution in [2.75, 3.05) is 19.6 Å². The lowest BCUT2D eigenvalue weighted by molar-refractivity contribution is -0.138.